The van der Waals surface area contributed by atoms with Gasteiger partial charge in [-0.15, -0.1) is 0 Å². The summed E-state index contributed by atoms with van der Waals surface area (Å²) in [5.41, 5.74) is 9.97. The van der Waals surface area contributed by atoms with E-state index in [0.29, 0.717) is 5.92 Å². The molecule has 0 aromatic heterocycles. The molecule has 8 rings (SSSR count). The van der Waals surface area contributed by atoms with Crippen LogP contribution in [-0.2, 0) is 12.8 Å². The minimum Gasteiger partial charge on any atom is -0.310 e. The molecule has 240 valence electrons. The second-order valence-electron chi connectivity index (χ2n) is 13.1. The SMILES string of the molecule is C(=Cc1ccc2cc(N(c3ccccc3)c3ccccc3)ccc2c1)c1ccc2cc(C(Cc3ccccc3)Cc3ccccc3)ccc2c1. The Kier molecular flexibility index (Phi) is 9.03. The summed E-state index contributed by atoms with van der Waals surface area (Å²) in [5.74, 6) is 0.410. The molecule has 0 heterocycles. The third kappa shape index (κ3) is 7.14. The van der Waals surface area contributed by atoms with Crippen LogP contribution in [0.15, 0.2) is 194 Å². The molecule has 0 bridgehead atoms. The molecule has 0 fully saturated rings. The quantitative estimate of drug-likeness (QED) is 0.134. The smallest absolute Gasteiger partial charge is 0.0468 e. The Morgan fingerprint density at radius 1 is 0.360 bits per heavy atom. The van der Waals surface area contributed by atoms with Gasteiger partial charge >= 0.3 is 0 Å². The number of hydrogen-bond donors (Lipinski definition) is 0. The van der Waals surface area contributed by atoms with E-state index in [2.05, 4.69) is 211 Å². The van der Waals surface area contributed by atoms with Crippen LogP contribution < -0.4 is 4.90 Å². The van der Waals surface area contributed by atoms with Crippen LogP contribution in [0, 0.1) is 0 Å². The number of benzene rings is 8. The highest BCUT2D eigenvalue weighted by Gasteiger charge is 2.15. The molecule has 0 saturated heterocycles. The number of hydrogen-bond acceptors (Lipinski definition) is 1. The number of rotatable bonds is 10. The van der Waals surface area contributed by atoms with E-state index >= 15 is 0 Å². The zero-order valence-electron chi connectivity index (χ0n) is 28.1. The summed E-state index contributed by atoms with van der Waals surface area (Å²) in [5, 5.41) is 4.99. The van der Waals surface area contributed by atoms with Crippen molar-refractivity contribution < 1.29 is 0 Å². The third-order valence-electron chi connectivity index (χ3n) is 9.61. The van der Waals surface area contributed by atoms with Crippen LogP contribution >= 0.6 is 0 Å². The van der Waals surface area contributed by atoms with Gasteiger partial charge in [0.05, 0.1) is 0 Å². The molecular formula is C49H39N. The van der Waals surface area contributed by atoms with Crippen LogP contribution in [0.4, 0.5) is 17.1 Å². The zero-order valence-corrected chi connectivity index (χ0v) is 28.1. The third-order valence-corrected chi connectivity index (χ3v) is 9.61. The van der Waals surface area contributed by atoms with Gasteiger partial charge in [-0.1, -0.05) is 158 Å². The Bertz CT molecular complexity index is 2280. The van der Waals surface area contributed by atoms with Gasteiger partial charge < -0.3 is 4.90 Å². The fourth-order valence-corrected chi connectivity index (χ4v) is 7.03. The van der Waals surface area contributed by atoms with Crippen molar-refractivity contribution in [2.24, 2.45) is 0 Å². The Morgan fingerprint density at radius 2 is 0.780 bits per heavy atom. The van der Waals surface area contributed by atoms with Gasteiger partial charge in [-0.25, -0.2) is 0 Å². The van der Waals surface area contributed by atoms with Crippen molar-refractivity contribution in [1.29, 1.82) is 0 Å². The molecule has 8 aromatic carbocycles. The largest absolute Gasteiger partial charge is 0.310 e. The molecule has 50 heavy (non-hydrogen) atoms. The first-order valence-corrected chi connectivity index (χ1v) is 17.5. The molecule has 8 aromatic rings. The number of para-hydroxylation sites is 2. The first-order chi connectivity index (χ1) is 24.7. The summed E-state index contributed by atoms with van der Waals surface area (Å²) >= 11 is 0. The second-order valence-corrected chi connectivity index (χ2v) is 13.1. The molecular weight excluding hydrogens is 603 g/mol. The van der Waals surface area contributed by atoms with Gasteiger partial charge in [-0.2, -0.15) is 0 Å². The minimum atomic E-state index is 0.410. The van der Waals surface area contributed by atoms with Crippen molar-refractivity contribution in [1.82, 2.24) is 0 Å². The maximum Gasteiger partial charge on any atom is 0.0468 e. The van der Waals surface area contributed by atoms with Gasteiger partial charge in [0.25, 0.3) is 0 Å². The fourth-order valence-electron chi connectivity index (χ4n) is 7.03. The average molecular weight is 642 g/mol. The first-order valence-electron chi connectivity index (χ1n) is 17.5. The standard InChI is InChI=1S/C49H39N/c1-5-13-37(14-6-1)33-46(34-38-15-7-2-8-16-38)44-28-27-41-31-39(23-25-43(41)35-44)21-22-40-24-26-45-36-49(30-29-42(45)32-40)50(47-17-9-3-10-18-47)48-19-11-4-12-20-48/h1-32,35-36,46H,33-34H2. The zero-order chi connectivity index (χ0) is 33.5. The molecule has 0 spiro atoms. The van der Waals surface area contributed by atoms with Gasteiger partial charge in [-0.3, -0.25) is 0 Å². The predicted molar refractivity (Wildman–Crippen MR) is 215 cm³/mol. The summed E-state index contributed by atoms with van der Waals surface area (Å²) in [6.07, 6.45) is 6.49. The van der Waals surface area contributed by atoms with Gasteiger partial charge in [0.1, 0.15) is 0 Å². The molecule has 1 heteroatoms. The predicted octanol–water partition coefficient (Wildman–Crippen LogP) is 13.2. The Morgan fingerprint density at radius 3 is 1.30 bits per heavy atom. The molecule has 0 saturated carbocycles. The number of anilines is 3. The molecule has 0 aliphatic rings. The average Bonchev–Trinajstić information content (AvgIpc) is 3.18. The van der Waals surface area contributed by atoms with Gasteiger partial charge in [0.2, 0.25) is 0 Å². The van der Waals surface area contributed by atoms with E-state index in [1.807, 2.05) is 0 Å². The topological polar surface area (TPSA) is 3.24 Å². The molecule has 0 aliphatic heterocycles. The molecule has 1 nitrogen and oxygen atoms in total. The van der Waals surface area contributed by atoms with E-state index in [1.54, 1.807) is 0 Å². The van der Waals surface area contributed by atoms with E-state index in [-0.39, 0.29) is 0 Å². The lowest BCUT2D eigenvalue weighted by molar-refractivity contribution is 0.681. The van der Waals surface area contributed by atoms with Crippen LogP contribution in [0.5, 0.6) is 0 Å². The van der Waals surface area contributed by atoms with Crippen molar-refractivity contribution in [2.75, 3.05) is 4.90 Å². The van der Waals surface area contributed by atoms with Crippen LogP contribution in [-0.4, -0.2) is 0 Å². The first kappa shape index (κ1) is 31.1. The lowest BCUT2D eigenvalue weighted by atomic mass is 9.85. The van der Waals surface area contributed by atoms with Gasteiger partial charge in [0, 0.05) is 17.1 Å². The highest BCUT2D eigenvalue weighted by atomic mass is 15.1. The molecule has 0 amide bonds. The molecule has 0 atom stereocenters. The lowest BCUT2D eigenvalue weighted by Crippen LogP contribution is -2.09. The number of fused-ring (bicyclic) bond motifs is 2. The van der Waals surface area contributed by atoms with Crippen molar-refractivity contribution in [3.8, 4) is 0 Å². The maximum absolute atomic E-state index is 2.40. The van der Waals surface area contributed by atoms with Crippen LogP contribution in [0.3, 0.4) is 0 Å². The van der Waals surface area contributed by atoms with E-state index in [9.17, 15) is 0 Å². The molecule has 0 radical (unpaired) electrons. The molecule has 0 unspecified atom stereocenters. The van der Waals surface area contributed by atoms with Crippen molar-refractivity contribution >= 4 is 50.8 Å². The molecule has 0 N–H and O–H groups in total. The minimum absolute atomic E-state index is 0.410. The summed E-state index contributed by atoms with van der Waals surface area (Å²) < 4.78 is 0. The monoisotopic (exact) mass is 641 g/mol. The summed E-state index contributed by atoms with van der Waals surface area (Å²) in [6, 6.07) is 70.2. The van der Waals surface area contributed by atoms with Crippen LogP contribution in [0.25, 0.3) is 33.7 Å². The van der Waals surface area contributed by atoms with E-state index < -0.39 is 0 Å². The highest BCUT2D eigenvalue weighted by molar-refractivity contribution is 5.92. The summed E-state index contributed by atoms with van der Waals surface area (Å²) in [7, 11) is 0. The fraction of sp³-hybridized carbons (Fsp3) is 0.0612. The van der Waals surface area contributed by atoms with E-state index in [1.165, 1.54) is 49.4 Å². The van der Waals surface area contributed by atoms with E-state index in [0.717, 1.165) is 29.9 Å². The van der Waals surface area contributed by atoms with Crippen LogP contribution in [0.2, 0.25) is 0 Å². The normalized spacial score (nSPS) is 11.5. The summed E-state index contributed by atoms with van der Waals surface area (Å²) in [4.78, 5) is 2.31. The second kappa shape index (κ2) is 14.5. The van der Waals surface area contributed by atoms with Crippen molar-refractivity contribution in [3.05, 3.63) is 222 Å². The lowest BCUT2D eigenvalue weighted by Gasteiger charge is -2.25. The van der Waals surface area contributed by atoms with Crippen LogP contribution in [0.1, 0.15) is 33.7 Å². The van der Waals surface area contributed by atoms with Gasteiger partial charge in [-0.05, 0) is 117 Å². The highest BCUT2D eigenvalue weighted by Crippen LogP contribution is 2.36. The van der Waals surface area contributed by atoms with E-state index in [4.69, 9.17) is 0 Å². The Labute approximate surface area is 295 Å². The maximum atomic E-state index is 2.40. The Balaban J connectivity index is 1.03. The van der Waals surface area contributed by atoms with Crippen molar-refractivity contribution in [2.45, 2.75) is 18.8 Å². The number of nitrogens with zero attached hydrogens (tertiary/aromatic N) is 1. The van der Waals surface area contributed by atoms with Gasteiger partial charge in [0.15, 0.2) is 0 Å². The Hall–Kier alpha value is -6.18. The van der Waals surface area contributed by atoms with Crippen molar-refractivity contribution in [3.63, 3.8) is 0 Å². The summed E-state index contributed by atoms with van der Waals surface area (Å²) in [6.45, 7) is 0. The molecule has 0 aliphatic carbocycles.